The maximum absolute atomic E-state index is 12.9. The highest BCUT2D eigenvalue weighted by molar-refractivity contribution is 7.93. The van der Waals surface area contributed by atoms with Gasteiger partial charge in [0.1, 0.15) is 10.4 Å². The molecule has 0 atom stereocenters. The van der Waals surface area contributed by atoms with Gasteiger partial charge in [0.05, 0.1) is 22.2 Å². The molecule has 1 fully saturated rings. The number of benzene rings is 2. The number of hydrogen-bond donors (Lipinski definition) is 2. The minimum absolute atomic E-state index is 0.0569. The molecule has 1 aliphatic rings. The molecule has 4 rings (SSSR count). The van der Waals surface area contributed by atoms with E-state index in [2.05, 4.69) is 9.71 Å². The monoisotopic (exact) mass is 525 g/mol. The highest BCUT2D eigenvalue weighted by Gasteiger charge is 2.33. The number of thiazole rings is 1. The van der Waals surface area contributed by atoms with Crippen LogP contribution in [0.15, 0.2) is 65.0 Å². The highest BCUT2D eigenvalue weighted by Crippen LogP contribution is 2.28. The predicted octanol–water partition coefficient (Wildman–Crippen LogP) is 4.57. The molecule has 3 aromatic rings. The van der Waals surface area contributed by atoms with Crippen LogP contribution in [0.1, 0.15) is 29.6 Å². The smallest absolute Gasteiger partial charge is 0.386 e. The summed E-state index contributed by atoms with van der Waals surface area (Å²) < 4.78 is 65.9. The van der Waals surface area contributed by atoms with Crippen LogP contribution in [0.5, 0.6) is 0 Å². The molecule has 0 radical (unpaired) electrons. The maximum atomic E-state index is 12.9. The number of sulfonamides is 1. The molecular formula is C23H22F3N3O4S2. The molecule has 0 aliphatic carbocycles. The Balaban J connectivity index is 1.38. The van der Waals surface area contributed by atoms with Crippen molar-refractivity contribution in [2.24, 2.45) is 0 Å². The molecule has 1 saturated heterocycles. The van der Waals surface area contributed by atoms with Crippen molar-refractivity contribution in [1.29, 1.82) is 0 Å². The lowest BCUT2D eigenvalue weighted by atomic mass is 9.90. The Kier molecular flexibility index (Phi) is 6.89. The number of fused-ring (bicyclic) bond motifs is 1. The number of likely N-dealkylation sites (tertiary alicyclic amines) is 1. The van der Waals surface area contributed by atoms with Gasteiger partial charge in [-0.15, -0.1) is 11.3 Å². The van der Waals surface area contributed by atoms with Gasteiger partial charge < -0.3 is 10.0 Å². The van der Waals surface area contributed by atoms with Crippen LogP contribution in [0.2, 0.25) is 0 Å². The van der Waals surface area contributed by atoms with E-state index in [0.717, 1.165) is 16.9 Å². The average molecular weight is 526 g/mol. The Hall–Kier alpha value is -2.96. The number of hydrogen-bond acceptors (Lipinski definition) is 6. The third-order valence-corrected chi connectivity index (χ3v) is 7.90. The number of piperidine rings is 1. The molecule has 12 heteroatoms. The first-order chi connectivity index (χ1) is 16.5. The van der Waals surface area contributed by atoms with Crippen molar-refractivity contribution in [2.75, 3.05) is 17.8 Å². The Labute approximate surface area is 204 Å². The zero-order valence-electron chi connectivity index (χ0n) is 18.3. The SMILES string of the molecule is O=C(c1ccc(NS(=O)(=O)c2cccc3scnc23)cc1)N1CCC(O)(C=CCC(F)(F)F)CC1. The number of halogens is 3. The summed E-state index contributed by atoms with van der Waals surface area (Å²) in [5, 5.41) is 10.5. The summed E-state index contributed by atoms with van der Waals surface area (Å²) in [5.41, 5.74) is 1.17. The van der Waals surface area contributed by atoms with E-state index in [1.807, 2.05) is 0 Å². The summed E-state index contributed by atoms with van der Waals surface area (Å²) >= 11 is 1.34. The molecule has 186 valence electrons. The minimum atomic E-state index is -4.34. The summed E-state index contributed by atoms with van der Waals surface area (Å²) in [7, 11) is -3.90. The van der Waals surface area contributed by atoms with E-state index in [4.69, 9.17) is 0 Å². The fourth-order valence-corrected chi connectivity index (χ4v) is 5.83. The lowest BCUT2D eigenvalue weighted by Crippen LogP contribution is -2.45. The van der Waals surface area contributed by atoms with Gasteiger partial charge in [0.15, 0.2) is 0 Å². The van der Waals surface area contributed by atoms with E-state index in [0.29, 0.717) is 11.1 Å². The van der Waals surface area contributed by atoms with E-state index in [-0.39, 0.29) is 42.4 Å². The van der Waals surface area contributed by atoms with Crippen LogP contribution in [0.3, 0.4) is 0 Å². The summed E-state index contributed by atoms with van der Waals surface area (Å²) in [4.78, 5) is 18.5. The summed E-state index contributed by atoms with van der Waals surface area (Å²) in [6.45, 7) is 0.357. The van der Waals surface area contributed by atoms with Gasteiger partial charge in [-0.1, -0.05) is 18.2 Å². The summed E-state index contributed by atoms with van der Waals surface area (Å²) in [5.74, 6) is -0.312. The van der Waals surface area contributed by atoms with Crippen molar-refractivity contribution < 1.29 is 31.5 Å². The van der Waals surface area contributed by atoms with Crippen LogP contribution in [-0.4, -0.2) is 54.2 Å². The Morgan fingerprint density at radius 2 is 1.86 bits per heavy atom. The van der Waals surface area contributed by atoms with Gasteiger partial charge in [0.25, 0.3) is 15.9 Å². The molecule has 2 N–H and O–H groups in total. The molecule has 2 aromatic carbocycles. The van der Waals surface area contributed by atoms with E-state index in [1.54, 1.807) is 17.6 Å². The number of carbonyl (C=O) groups is 1. The number of aromatic nitrogens is 1. The first-order valence-electron chi connectivity index (χ1n) is 10.7. The number of amides is 1. The number of allylic oxidation sites excluding steroid dienone is 1. The van der Waals surface area contributed by atoms with E-state index < -0.39 is 28.2 Å². The van der Waals surface area contributed by atoms with E-state index >= 15 is 0 Å². The first-order valence-corrected chi connectivity index (χ1v) is 13.0. The topological polar surface area (TPSA) is 99.6 Å². The second-order valence-corrected chi connectivity index (χ2v) is 10.8. The molecular weight excluding hydrogens is 503 g/mol. The largest absolute Gasteiger partial charge is 0.392 e. The van der Waals surface area contributed by atoms with Gasteiger partial charge in [-0.25, -0.2) is 13.4 Å². The first kappa shape index (κ1) is 25.1. The fraction of sp³-hybridized carbons (Fsp3) is 0.304. The fourth-order valence-electron chi connectivity index (χ4n) is 3.83. The predicted molar refractivity (Wildman–Crippen MR) is 127 cm³/mol. The van der Waals surface area contributed by atoms with Crippen molar-refractivity contribution in [2.45, 2.75) is 35.9 Å². The molecule has 0 spiro atoms. The van der Waals surface area contributed by atoms with Crippen molar-refractivity contribution in [3.63, 3.8) is 0 Å². The molecule has 1 aromatic heterocycles. The minimum Gasteiger partial charge on any atom is -0.386 e. The standard InChI is InChI=1S/C23H22F3N3O4S2/c24-23(25,26)10-2-9-22(31)11-13-29(14-12-22)21(30)16-5-7-17(8-6-16)28-35(32,33)19-4-1-3-18-20(19)27-15-34-18/h1-9,15,28,31H,10-14H2. The lowest BCUT2D eigenvalue weighted by Gasteiger charge is -2.36. The molecule has 0 saturated carbocycles. The maximum Gasteiger partial charge on any atom is 0.392 e. The molecule has 35 heavy (non-hydrogen) atoms. The van der Waals surface area contributed by atoms with Gasteiger partial charge >= 0.3 is 6.18 Å². The lowest BCUT2D eigenvalue weighted by molar-refractivity contribution is -0.125. The van der Waals surface area contributed by atoms with Gasteiger partial charge in [-0.05, 0) is 49.2 Å². The number of carbonyl (C=O) groups excluding carboxylic acids is 1. The van der Waals surface area contributed by atoms with Crippen LogP contribution >= 0.6 is 11.3 Å². The number of aliphatic hydroxyl groups is 1. The van der Waals surface area contributed by atoms with Gasteiger partial charge in [-0.2, -0.15) is 13.2 Å². The second kappa shape index (κ2) is 9.59. The quantitative estimate of drug-likeness (QED) is 0.460. The van der Waals surface area contributed by atoms with Crippen molar-refractivity contribution >= 4 is 43.2 Å². The molecule has 7 nitrogen and oxygen atoms in total. The number of nitrogens with one attached hydrogen (secondary N) is 1. The van der Waals surface area contributed by atoms with Crippen LogP contribution < -0.4 is 4.72 Å². The molecule has 0 bridgehead atoms. The second-order valence-electron chi connectivity index (χ2n) is 8.26. The van der Waals surface area contributed by atoms with E-state index in [1.165, 1.54) is 46.6 Å². The van der Waals surface area contributed by atoms with Crippen molar-refractivity contribution in [3.8, 4) is 0 Å². The molecule has 2 heterocycles. The number of alkyl halides is 3. The number of para-hydroxylation sites is 1. The zero-order chi connectivity index (χ0) is 25.3. The number of anilines is 1. The Morgan fingerprint density at radius 1 is 1.17 bits per heavy atom. The van der Waals surface area contributed by atoms with E-state index in [9.17, 15) is 31.5 Å². The Morgan fingerprint density at radius 3 is 2.51 bits per heavy atom. The summed E-state index contributed by atoms with van der Waals surface area (Å²) in [6.07, 6.45) is -3.15. The van der Waals surface area contributed by atoms with Crippen LogP contribution in [-0.2, 0) is 10.0 Å². The Bertz CT molecular complexity index is 1340. The van der Waals surface area contributed by atoms with Crippen molar-refractivity contribution in [1.82, 2.24) is 9.88 Å². The molecule has 1 amide bonds. The highest BCUT2D eigenvalue weighted by atomic mass is 32.2. The number of nitrogens with zero attached hydrogens (tertiary/aromatic N) is 2. The van der Waals surface area contributed by atoms with Crippen LogP contribution in [0, 0.1) is 0 Å². The van der Waals surface area contributed by atoms with Crippen molar-refractivity contribution in [3.05, 3.63) is 65.7 Å². The van der Waals surface area contributed by atoms with Gasteiger partial charge in [0, 0.05) is 24.3 Å². The average Bonchev–Trinajstić information content (AvgIpc) is 3.27. The zero-order valence-corrected chi connectivity index (χ0v) is 20.0. The van der Waals surface area contributed by atoms with Crippen LogP contribution in [0.4, 0.5) is 18.9 Å². The van der Waals surface area contributed by atoms with Gasteiger partial charge in [0.2, 0.25) is 0 Å². The molecule has 0 unspecified atom stereocenters. The van der Waals surface area contributed by atoms with Gasteiger partial charge in [-0.3, -0.25) is 9.52 Å². The molecule has 1 aliphatic heterocycles. The number of rotatable bonds is 6. The summed E-state index contributed by atoms with van der Waals surface area (Å²) in [6, 6.07) is 10.8. The third-order valence-electron chi connectivity index (χ3n) is 5.69. The third kappa shape index (κ3) is 6.00. The van der Waals surface area contributed by atoms with Crippen LogP contribution in [0.25, 0.3) is 10.2 Å². The normalized spacial score (nSPS) is 16.6.